The number of hydrogen-bond donors (Lipinski definition) is 0. The Morgan fingerprint density at radius 2 is 1.69 bits per heavy atom. The van der Waals surface area contributed by atoms with Crippen molar-refractivity contribution in [1.29, 1.82) is 0 Å². The van der Waals surface area contributed by atoms with Gasteiger partial charge in [0.05, 0.1) is 12.2 Å². The molecular formula is C29H27F3O3. The molecule has 0 N–H and O–H groups in total. The molecule has 4 rings (SSSR count). The number of carbonyl (C=O) groups is 1. The van der Waals surface area contributed by atoms with Gasteiger partial charge in [-0.05, 0) is 79.8 Å². The number of halogens is 3. The van der Waals surface area contributed by atoms with Gasteiger partial charge in [-0.15, -0.1) is 6.58 Å². The third-order valence-corrected chi connectivity index (χ3v) is 6.51. The summed E-state index contributed by atoms with van der Waals surface area (Å²) in [5, 5.41) is 0. The Morgan fingerprint density at radius 3 is 2.31 bits per heavy atom. The molecule has 0 unspecified atom stereocenters. The van der Waals surface area contributed by atoms with Crippen molar-refractivity contribution in [1.82, 2.24) is 0 Å². The van der Waals surface area contributed by atoms with Crippen LogP contribution in [0.15, 0.2) is 67.3 Å². The molecule has 0 aliphatic heterocycles. The lowest BCUT2D eigenvalue weighted by Crippen LogP contribution is -2.13. The predicted octanol–water partition coefficient (Wildman–Crippen LogP) is 7.85. The Morgan fingerprint density at radius 1 is 0.971 bits per heavy atom. The van der Waals surface area contributed by atoms with Crippen molar-refractivity contribution in [2.75, 3.05) is 6.61 Å². The molecule has 0 saturated heterocycles. The van der Waals surface area contributed by atoms with Crippen molar-refractivity contribution < 1.29 is 27.4 Å². The second-order valence-electron chi connectivity index (χ2n) is 8.67. The van der Waals surface area contributed by atoms with E-state index >= 15 is 0 Å². The molecule has 0 aromatic heterocycles. The Bertz CT molecular complexity index is 1210. The van der Waals surface area contributed by atoms with Crippen LogP contribution in [0.4, 0.5) is 13.2 Å². The minimum absolute atomic E-state index is 0.00473. The first-order valence-corrected chi connectivity index (χ1v) is 11.8. The molecule has 3 aromatic carbocycles. The van der Waals surface area contributed by atoms with Gasteiger partial charge in [0.2, 0.25) is 0 Å². The monoisotopic (exact) mass is 480 g/mol. The summed E-state index contributed by atoms with van der Waals surface area (Å²) in [4.78, 5) is 12.4. The summed E-state index contributed by atoms with van der Waals surface area (Å²) in [6, 6.07) is 13.1. The molecule has 3 nitrogen and oxygen atoms in total. The van der Waals surface area contributed by atoms with E-state index in [1.54, 1.807) is 19.1 Å². The standard InChI is InChI=1S/C29H27F3O3/c1-3-18-5-7-19(8-6-18)23-14-15-24(28(32)27(23)31)20-9-11-21(12-10-20)29(33)35-26-16-13-22(34-4-2)17-25(26)30/h3,9-19H,1,4-8H2,2H3. The number of ether oxygens (including phenoxy) is 2. The first kappa shape index (κ1) is 24.6. The molecule has 1 saturated carbocycles. The summed E-state index contributed by atoms with van der Waals surface area (Å²) >= 11 is 0. The number of carbonyl (C=O) groups excluding carboxylic acids is 1. The quantitative estimate of drug-likeness (QED) is 0.196. The maximum absolute atomic E-state index is 15.0. The fourth-order valence-electron chi connectivity index (χ4n) is 4.53. The molecule has 1 fully saturated rings. The lowest BCUT2D eigenvalue weighted by atomic mass is 9.78. The predicted molar refractivity (Wildman–Crippen MR) is 129 cm³/mol. The molecule has 6 heteroatoms. The first-order valence-electron chi connectivity index (χ1n) is 11.8. The van der Waals surface area contributed by atoms with Crippen LogP contribution in [-0.4, -0.2) is 12.6 Å². The molecule has 0 atom stereocenters. The van der Waals surface area contributed by atoms with Crippen LogP contribution in [0, 0.1) is 23.4 Å². The van der Waals surface area contributed by atoms with Gasteiger partial charge in [0.1, 0.15) is 5.75 Å². The van der Waals surface area contributed by atoms with Crippen LogP contribution in [0.5, 0.6) is 11.5 Å². The van der Waals surface area contributed by atoms with Crippen LogP contribution in [0.25, 0.3) is 11.1 Å². The molecular weight excluding hydrogens is 453 g/mol. The number of benzene rings is 3. The molecule has 1 aliphatic carbocycles. The lowest BCUT2D eigenvalue weighted by molar-refractivity contribution is 0.0727. The van der Waals surface area contributed by atoms with Crippen molar-refractivity contribution in [3.63, 3.8) is 0 Å². The van der Waals surface area contributed by atoms with E-state index in [0.717, 1.165) is 31.7 Å². The SMILES string of the molecule is C=CC1CCC(c2ccc(-c3ccc(C(=O)Oc4ccc(OCC)cc4F)cc3)c(F)c2F)CC1. The van der Waals surface area contributed by atoms with Gasteiger partial charge in [-0.3, -0.25) is 0 Å². The normalized spacial score (nSPS) is 17.6. The summed E-state index contributed by atoms with van der Waals surface area (Å²) in [6.45, 7) is 5.99. The maximum Gasteiger partial charge on any atom is 0.343 e. The van der Waals surface area contributed by atoms with Crippen molar-refractivity contribution in [3.8, 4) is 22.6 Å². The number of allylic oxidation sites excluding steroid dienone is 1. The lowest BCUT2D eigenvalue weighted by Gasteiger charge is -2.27. The van der Waals surface area contributed by atoms with Gasteiger partial charge in [-0.25, -0.2) is 18.0 Å². The van der Waals surface area contributed by atoms with Crippen LogP contribution in [-0.2, 0) is 0 Å². The highest BCUT2D eigenvalue weighted by atomic mass is 19.2. The Kier molecular flexibility index (Phi) is 7.59. The van der Waals surface area contributed by atoms with Crippen LogP contribution in [0.2, 0.25) is 0 Å². The fraction of sp³-hybridized carbons (Fsp3) is 0.276. The molecule has 0 radical (unpaired) electrons. The minimum Gasteiger partial charge on any atom is -0.494 e. The molecule has 182 valence electrons. The van der Waals surface area contributed by atoms with Crippen molar-refractivity contribution in [2.24, 2.45) is 5.92 Å². The van der Waals surface area contributed by atoms with Gasteiger partial charge in [-0.1, -0.05) is 30.3 Å². The molecule has 0 bridgehead atoms. The van der Waals surface area contributed by atoms with E-state index in [0.29, 0.717) is 29.4 Å². The van der Waals surface area contributed by atoms with E-state index < -0.39 is 23.4 Å². The van der Waals surface area contributed by atoms with Gasteiger partial charge in [0.15, 0.2) is 23.2 Å². The Balaban J connectivity index is 1.48. The number of hydrogen-bond acceptors (Lipinski definition) is 3. The Labute approximate surface area is 203 Å². The first-order chi connectivity index (χ1) is 16.9. The van der Waals surface area contributed by atoms with Gasteiger partial charge >= 0.3 is 5.97 Å². The molecule has 0 amide bonds. The third-order valence-electron chi connectivity index (χ3n) is 6.51. The summed E-state index contributed by atoms with van der Waals surface area (Å²) < 4.78 is 54.5. The average molecular weight is 481 g/mol. The van der Waals surface area contributed by atoms with Crippen LogP contribution in [0.1, 0.15) is 54.4 Å². The van der Waals surface area contributed by atoms with Crippen molar-refractivity contribution in [2.45, 2.75) is 38.5 Å². The van der Waals surface area contributed by atoms with Crippen LogP contribution >= 0.6 is 0 Å². The van der Waals surface area contributed by atoms with E-state index in [2.05, 4.69) is 6.58 Å². The van der Waals surface area contributed by atoms with Crippen LogP contribution in [0.3, 0.4) is 0 Å². The number of rotatable bonds is 7. The summed E-state index contributed by atoms with van der Waals surface area (Å²) in [5.74, 6) is -2.68. The second kappa shape index (κ2) is 10.8. The minimum atomic E-state index is -0.903. The van der Waals surface area contributed by atoms with E-state index in [4.69, 9.17) is 9.47 Å². The van der Waals surface area contributed by atoms with E-state index in [-0.39, 0.29) is 22.8 Å². The largest absolute Gasteiger partial charge is 0.494 e. The molecule has 0 spiro atoms. The van der Waals surface area contributed by atoms with Crippen LogP contribution < -0.4 is 9.47 Å². The smallest absolute Gasteiger partial charge is 0.343 e. The van der Waals surface area contributed by atoms with E-state index in [1.807, 2.05) is 6.08 Å². The van der Waals surface area contributed by atoms with Gasteiger partial charge in [-0.2, -0.15) is 0 Å². The summed E-state index contributed by atoms with van der Waals surface area (Å²) in [6.07, 6.45) is 5.39. The highest BCUT2D eigenvalue weighted by Crippen LogP contribution is 2.39. The summed E-state index contributed by atoms with van der Waals surface area (Å²) in [5.41, 5.74) is 1.10. The molecule has 3 aromatic rings. The zero-order chi connectivity index (χ0) is 24.9. The van der Waals surface area contributed by atoms with Crippen molar-refractivity contribution >= 4 is 5.97 Å². The highest BCUT2D eigenvalue weighted by Gasteiger charge is 2.25. The fourth-order valence-corrected chi connectivity index (χ4v) is 4.53. The highest BCUT2D eigenvalue weighted by molar-refractivity contribution is 5.91. The third kappa shape index (κ3) is 5.42. The average Bonchev–Trinajstić information content (AvgIpc) is 2.87. The molecule has 0 heterocycles. The molecule has 1 aliphatic rings. The Hall–Kier alpha value is -3.54. The van der Waals surface area contributed by atoms with Crippen molar-refractivity contribution in [3.05, 3.63) is 95.8 Å². The topological polar surface area (TPSA) is 35.5 Å². The second-order valence-corrected chi connectivity index (χ2v) is 8.67. The van der Waals surface area contributed by atoms with Gasteiger partial charge in [0.25, 0.3) is 0 Å². The van der Waals surface area contributed by atoms with Gasteiger partial charge in [0, 0.05) is 11.6 Å². The number of esters is 1. The maximum atomic E-state index is 15.0. The van der Waals surface area contributed by atoms with E-state index in [1.165, 1.54) is 36.4 Å². The molecule has 35 heavy (non-hydrogen) atoms. The summed E-state index contributed by atoms with van der Waals surface area (Å²) in [7, 11) is 0. The zero-order valence-electron chi connectivity index (χ0n) is 19.5. The van der Waals surface area contributed by atoms with E-state index in [9.17, 15) is 18.0 Å². The zero-order valence-corrected chi connectivity index (χ0v) is 19.5. The van der Waals surface area contributed by atoms with Gasteiger partial charge < -0.3 is 9.47 Å².